The van der Waals surface area contributed by atoms with Crippen LogP contribution in [0.4, 0.5) is 5.69 Å². The summed E-state index contributed by atoms with van der Waals surface area (Å²) in [7, 11) is 0. The Labute approximate surface area is 98.8 Å². The highest BCUT2D eigenvalue weighted by Gasteiger charge is 2.23. The lowest BCUT2D eigenvalue weighted by Crippen LogP contribution is -2.02. The zero-order valence-electron chi connectivity index (χ0n) is 8.70. The van der Waals surface area contributed by atoms with Crippen molar-refractivity contribution in [3.05, 3.63) is 35.9 Å². The Morgan fingerprint density at radius 2 is 2.12 bits per heavy atom. The van der Waals surface area contributed by atoms with Gasteiger partial charge in [0.05, 0.1) is 0 Å². The van der Waals surface area contributed by atoms with Crippen molar-refractivity contribution in [2.75, 3.05) is 17.7 Å². The van der Waals surface area contributed by atoms with Gasteiger partial charge in [0.2, 0.25) is 0 Å². The number of phenols is 1. The summed E-state index contributed by atoms with van der Waals surface area (Å²) < 4.78 is 0. The number of fused-ring (bicyclic) bond motifs is 3. The Kier molecular flexibility index (Phi) is 2.18. The quantitative estimate of drug-likeness (QED) is 0.741. The molecule has 0 unspecified atom stereocenters. The summed E-state index contributed by atoms with van der Waals surface area (Å²) in [5.41, 5.74) is 2.38. The molecule has 2 nitrogen and oxygen atoms in total. The first kappa shape index (κ1) is 9.79. The number of alkyl halides is 1. The Morgan fingerprint density at radius 3 is 2.94 bits per heavy atom. The number of halogens is 1. The van der Waals surface area contributed by atoms with Gasteiger partial charge in [-0.2, -0.15) is 0 Å². The predicted octanol–water partition coefficient (Wildman–Crippen LogP) is 3.29. The molecule has 2 aromatic carbocycles. The summed E-state index contributed by atoms with van der Waals surface area (Å²) in [6.45, 7) is 0.883. The molecule has 1 aliphatic heterocycles. The molecule has 2 N–H and O–H groups in total. The maximum Gasteiger partial charge on any atom is 0.123 e. The molecule has 0 radical (unpaired) electrons. The van der Waals surface area contributed by atoms with E-state index in [1.54, 1.807) is 6.07 Å². The Balaban J connectivity index is 2.35. The van der Waals surface area contributed by atoms with E-state index in [2.05, 4.69) is 5.32 Å². The van der Waals surface area contributed by atoms with Gasteiger partial charge in [-0.15, -0.1) is 11.6 Å². The number of phenolic OH excluding ortho intramolecular Hbond substituents is 1. The highest BCUT2D eigenvalue weighted by molar-refractivity contribution is 6.18. The van der Waals surface area contributed by atoms with Crippen molar-refractivity contribution in [1.29, 1.82) is 0 Å². The fourth-order valence-corrected chi connectivity index (χ4v) is 2.69. The van der Waals surface area contributed by atoms with Crippen LogP contribution in [0.3, 0.4) is 0 Å². The molecule has 82 valence electrons. The average molecular weight is 234 g/mol. The summed E-state index contributed by atoms with van der Waals surface area (Å²) >= 11 is 5.97. The van der Waals surface area contributed by atoms with Crippen LogP contribution in [0.25, 0.3) is 10.8 Å². The van der Waals surface area contributed by atoms with Gasteiger partial charge in [-0.25, -0.2) is 0 Å². The second-order valence-electron chi connectivity index (χ2n) is 4.13. The van der Waals surface area contributed by atoms with Crippen LogP contribution in [-0.4, -0.2) is 17.5 Å². The molecule has 1 atom stereocenters. The van der Waals surface area contributed by atoms with Crippen molar-refractivity contribution in [3.63, 3.8) is 0 Å². The summed E-state index contributed by atoms with van der Waals surface area (Å²) in [6, 6.07) is 9.60. The number of benzene rings is 2. The maximum atomic E-state index is 9.81. The van der Waals surface area contributed by atoms with E-state index in [4.69, 9.17) is 11.6 Å². The van der Waals surface area contributed by atoms with E-state index in [0.717, 1.165) is 23.0 Å². The third kappa shape index (κ3) is 1.26. The maximum absolute atomic E-state index is 9.81. The molecule has 0 aliphatic carbocycles. The number of hydrogen-bond donors (Lipinski definition) is 2. The zero-order valence-corrected chi connectivity index (χ0v) is 9.46. The molecule has 16 heavy (non-hydrogen) atoms. The van der Waals surface area contributed by atoms with Gasteiger partial charge in [-0.3, -0.25) is 0 Å². The topological polar surface area (TPSA) is 32.3 Å². The SMILES string of the molecule is Oc1cccc2c3c(ccc12)NC[C@H]3CCl. The van der Waals surface area contributed by atoms with E-state index >= 15 is 0 Å². The van der Waals surface area contributed by atoms with Gasteiger partial charge in [-0.1, -0.05) is 12.1 Å². The van der Waals surface area contributed by atoms with Gasteiger partial charge >= 0.3 is 0 Å². The summed E-state index contributed by atoms with van der Waals surface area (Å²) in [6.07, 6.45) is 0. The fourth-order valence-electron chi connectivity index (χ4n) is 2.43. The standard InChI is InChI=1S/C13H12ClNO/c14-6-8-7-15-11-5-4-9-10(13(8)11)2-1-3-12(9)16/h1-5,8,15-16H,6-7H2/t8-/m1/s1. The Bertz CT molecular complexity index is 553. The van der Waals surface area contributed by atoms with Crippen molar-refractivity contribution >= 4 is 28.1 Å². The summed E-state index contributed by atoms with van der Waals surface area (Å²) in [4.78, 5) is 0. The third-order valence-electron chi connectivity index (χ3n) is 3.21. The molecule has 1 heterocycles. The van der Waals surface area contributed by atoms with E-state index in [9.17, 15) is 5.11 Å². The van der Waals surface area contributed by atoms with Crippen LogP contribution in [0.2, 0.25) is 0 Å². The first-order valence-corrected chi connectivity index (χ1v) is 5.89. The van der Waals surface area contributed by atoms with Crippen LogP contribution in [0.1, 0.15) is 11.5 Å². The number of aromatic hydroxyl groups is 1. The van der Waals surface area contributed by atoms with Crippen molar-refractivity contribution < 1.29 is 5.11 Å². The van der Waals surface area contributed by atoms with Crippen LogP contribution < -0.4 is 5.32 Å². The van der Waals surface area contributed by atoms with Gasteiger partial charge < -0.3 is 10.4 Å². The van der Waals surface area contributed by atoms with Gasteiger partial charge in [0, 0.05) is 29.4 Å². The van der Waals surface area contributed by atoms with Gasteiger partial charge in [0.15, 0.2) is 0 Å². The Hall–Kier alpha value is -1.41. The highest BCUT2D eigenvalue weighted by atomic mass is 35.5. The van der Waals surface area contributed by atoms with E-state index in [1.165, 1.54) is 5.56 Å². The Morgan fingerprint density at radius 1 is 1.25 bits per heavy atom. The summed E-state index contributed by atoms with van der Waals surface area (Å²) in [5.74, 6) is 1.28. The molecule has 0 saturated carbocycles. The predicted molar refractivity (Wildman–Crippen MR) is 67.6 cm³/mol. The van der Waals surface area contributed by atoms with Crippen LogP contribution in [0.15, 0.2) is 30.3 Å². The molecule has 0 bridgehead atoms. The van der Waals surface area contributed by atoms with E-state index in [0.29, 0.717) is 17.5 Å². The molecule has 1 aliphatic rings. The normalized spacial score (nSPS) is 18.4. The monoisotopic (exact) mass is 233 g/mol. The largest absolute Gasteiger partial charge is 0.507 e. The first-order valence-electron chi connectivity index (χ1n) is 5.35. The van der Waals surface area contributed by atoms with Gasteiger partial charge in [0.1, 0.15) is 5.75 Å². The summed E-state index contributed by atoms with van der Waals surface area (Å²) in [5, 5.41) is 15.2. The minimum Gasteiger partial charge on any atom is -0.507 e. The van der Waals surface area contributed by atoms with Crippen molar-refractivity contribution in [3.8, 4) is 5.75 Å². The van der Waals surface area contributed by atoms with Gasteiger partial charge in [-0.05, 0) is 29.1 Å². The second-order valence-corrected chi connectivity index (χ2v) is 4.44. The first-order chi connectivity index (χ1) is 7.81. The fraction of sp³-hybridized carbons (Fsp3) is 0.231. The van der Waals surface area contributed by atoms with Crippen LogP contribution in [0.5, 0.6) is 5.75 Å². The minimum atomic E-state index is 0.334. The number of nitrogens with one attached hydrogen (secondary N) is 1. The van der Waals surface area contributed by atoms with Crippen LogP contribution in [-0.2, 0) is 0 Å². The molecule has 2 aromatic rings. The molecular formula is C13H12ClNO. The molecule has 3 heteroatoms. The third-order valence-corrected chi connectivity index (χ3v) is 3.59. The number of anilines is 1. The minimum absolute atomic E-state index is 0.334. The molecule has 0 aromatic heterocycles. The van der Waals surface area contributed by atoms with Crippen LogP contribution >= 0.6 is 11.6 Å². The van der Waals surface area contributed by atoms with Crippen molar-refractivity contribution in [2.45, 2.75) is 5.92 Å². The second kappa shape index (κ2) is 3.56. The lowest BCUT2D eigenvalue weighted by Gasteiger charge is -2.10. The number of hydrogen-bond acceptors (Lipinski definition) is 2. The molecule has 0 spiro atoms. The highest BCUT2D eigenvalue weighted by Crippen LogP contribution is 2.40. The van der Waals surface area contributed by atoms with Crippen molar-refractivity contribution in [1.82, 2.24) is 0 Å². The molecule has 0 saturated heterocycles. The molecule has 3 rings (SSSR count). The van der Waals surface area contributed by atoms with Gasteiger partial charge in [0.25, 0.3) is 0 Å². The average Bonchev–Trinajstić information content (AvgIpc) is 2.72. The lowest BCUT2D eigenvalue weighted by molar-refractivity contribution is 0.481. The number of rotatable bonds is 1. The van der Waals surface area contributed by atoms with Crippen LogP contribution in [0, 0.1) is 0 Å². The molecular weight excluding hydrogens is 222 g/mol. The smallest absolute Gasteiger partial charge is 0.123 e. The van der Waals surface area contributed by atoms with E-state index in [1.807, 2.05) is 24.3 Å². The van der Waals surface area contributed by atoms with E-state index in [-0.39, 0.29) is 0 Å². The van der Waals surface area contributed by atoms with Crippen molar-refractivity contribution in [2.24, 2.45) is 0 Å². The molecule has 0 amide bonds. The lowest BCUT2D eigenvalue weighted by atomic mass is 9.96. The molecule has 0 fully saturated rings. The van der Waals surface area contributed by atoms with E-state index < -0.39 is 0 Å². The zero-order chi connectivity index (χ0) is 11.1.